The predicted octanol–water partition coefficient (Wildman–Crippen LogP) is 2.99. The minimum absolute atomic E-state index is 0.184. The second-order valence-corrected chi connectivity index (χ2v) is 6.61. The van der Waals surface area contributed by atoms with Crippen molar-refractivity contribution in [1.82, 2.24) is 0 Å². The molecule has 2 rings (SSSR count). The molecule has 0 saturated heterocycles. The summed E-state index contributed by atoms with van der Waals surface area (Å²) in [6.45, 7) is 6.93. The van der Waals surface area contributed by atoms with Gasteiger partial charge in [-0.2, -0.15) is 0 Å². The number of quaternary nitrogens is 1. The number of amides is 1. The van der Waals surface area contributed by atoms with Crippen molar-refractivity contribution in [3.8, 4) is 0 Å². The Kier molecular flexibility index (Phi) is 6.10. The largest absolute Gasteiger partial charge is 0.324 e. The topological polar surface area (TPSA) is 33.5 Å². The van der Waals surface area contributed by atoms with Gasteiger partial charge in [-0.25, -0.2) is 4.39 Å². The van der Waals surface area contributed by atoms with E-state index in [1.54, 1.807) is 18.2 Å². The van der Waals surface area contributed by atoms with Crippen molar-refractivity contribution in [3.63, 3.8) is 0 Å². The minimum Gasteiger partial charge on any atom is -0.324 e. The van der Waals surface area contributed by atoms with Crippen molar-refractivity contribution in [1.29, 1.82) is 0 Å². The third-order valence-corrected chi connectivity index (χ3v) is 4.39. The molecule has 2 aromatic rings. The first kappa shape index (κ1) is 18.1. The SMILES string of the molecule is CC(C)c1ccc(C[NH+](C)[C@H](C)C(=O)Nc2ccccc2F)cc1. The van der Waals surface area contributed by atoms with E-state index in [4.69, 9.17) is 0 Å². The highest BCUT2D eigenvalue weighted by Crippen LogP contribution is 2.14. The molecule has 0 fully saturated rings. The molecule has 4 heteroatoms. The maximum absolute atomic E-state index is 13.6. The summed E-state index contributed by atoms with van der Waals surface area (Å²) >= 11 is 0. The van der Waals surface area contributed by atoms with Crippen LogP contribution in [-0.4, -0.2) is 19.0 Å². The highest BCUT2D eigenvalue weighted by atomic mass is 19.1. The van der Waals surface area contributed by atoms with Gasteiger partial charge in [0.25, 0.3) is 5.91 Å². The van der Waals surface area contributed by atoms with Crippen molar-refractivity contribution in [2.75, 3.05) is 12.4 Å². The number of hydrogen-bond acceptors (Lipinski definition) is 1. The summed E-state index contributed by atoms with van der Waals surface area (Å²) in [5.74, 6) is -0.0917. The van der Waals surface area contributed by atoms with E-state index in [9.17, 15) is 9.18 Å². The first-order valence-corrected chi connectivity index (χ1v) is 8.35. The first-order chi connectivity index (χ1) is 11.4. The van der Waals surface area contributed by atoms with Gasteiger partial charge in [-0.1, -0.05) is 50.2 Å². The average Bonchev–Trinajstić information content (AvgIpc) is 2.56. The lowest BCUT2D eigenvalue weighted by molar-refractivity contribution is -0.907. The molecule has 0 aliphatic heterocycles. The summed E-state index contributed by atoms with van der Waals surface area (Å²) < 4.78 is 13.6. The van der Waals surface area contributed by atoms with Crippen LogP contribution < -0.4 is 10.2 Å². The number of rotatable bonds is 6. The molecule has 0 aliphatic carbocycles. The van der Waals surface area contributed by atoms with Gasteiger partial charge in [0.15, 0.2) is 6.04 Å². The van der Waals surface area contributed by atoms with Gasteiger partial charge >= 0.3 is 0 Å². The summed E-state index contributed by atoms with van der Waals surface area (Å²) in [5, 5.41) is 2.67. The molecule has 2 atom stereocenters. The molecule has 0 heterocycles. The summed E-state index contributed by atoms with van der Waals surface area (Å²) in [7, 11) is 1.97. The van der Waals surface area contributed by atoms with E-state index in [1.807, 2.05) is 14.0 Å². The van der Waals surface area contributed by atoms with E-state index in [1.165, 1.54) is 17.2 Å². The minimum atomic E-state index is -0.417. The van der Waals surface area contributed by atoms with Crippen LogP contribution in [0.1, 0.15) is 37.8 Å². The van der Waals surface area contributed by atoms with Crippen LogP contribution in [-0.2, 0) is 11.3 Å². The van der Waals surface area contributed by atoms with Crippen molar-refractivity contribution < 1.29 is 14.1 Å². The number of anilines is 1. The molecule has 1 amide bonds. The van der Waals surface area contributed by atoms with Crippen molar-refractivity contribution in [2.45, 2.75) is 39.3 Å². The molecule has 0 aromatic heterocycles. The van der Waals surface area contributed by atoms with E-state index in [0.717, 1.165) is 11.4 Å². The normalized spacial score (nSPS) is 13.6. The highest BCUT2D eigenvalue weighted by molar-refractivity contribution is 5.93. The molecule has 3 nitrogen and oxygen atoms in total. The van der Waals surface area contributed by atoms with Gasteiger partial charge < -0.3 is 10.2 Å². The van der Waals surface area contributed by atoms with Crippen molar-refractivity contribution >= 4 is 11.6 Å². The van der Waals surface area contributed by atoms with E-state index in [0.29, 0.717) is 5.92 Å². The molecule has 0 radical (unpaired) electrons. The zero-order valence-corrected chi connectivity index (χ0v) is 14.8. The molecule has 24 heavy (non-hydrogen) atoms. The lowest BCUT2D eigenvalue weighted by Gasteiger charge is -2.21. The van der Waals surface area contributed by atoms with Crippen LogP contribution in [0.2, 0.25) is 0 Å². The number of para-hydroxylation sites is 1. The van der Waals surface area contributed by atoms with E-state index < -0.39 is 5.82 Å². The Balaban J connectivity index is 1.97. The highest BCUT2D eigenvalue weighted by Gasteiger charge is 2.22. The second-order valence-electron chi connectivity index (χ2n) is 6.61. The van der Waals surface area contributed by atoms with Gasteiger partial charge in [0.05, 0.1) is 12.7 Å². The first-order valence-electron chi connectivity index (χ1n) is 8.35. The number of benzene rings is 2. The Morgan fingerprint density at radius 1 is 1.08 bits per heavy atom. The Bertz CT molecular complexity index is 682. The summed E-state index contributed by atoms with van der Waals surface area (Å²) in [6, 6.07) is 14.4. The Hall–Kier alpha value is -2.20. The Morgan fingerprint density at radius 2 is 1.71 bits per heavy atom. The fourth-order valence-electron chi connectivity index (χ4n) is 2.52. The number of likely N-dealkylation sites (N-methyl/N-ethyl adjacent to an activating group) is 1. The number of carbonyl (C=O) groups excluding carboxylic acids is 1. The number of hydrogen-bond donors (Lipinski definition) is 2. The van der Waals surface area contributed by atoms with Crippen LogP contribution in [0.3, 0.4) is 0 Å². The van der Waals surface area contributed by atoms with Crippen LogP contribution in [0.25, 0.3) is 0 Å². The fraction of sp³-hybridized carbons (Fsp3) is 0.350. The predicted molar refractivity (Wildman–Crippen MR) is 95.6 cm³/mol. The zero-order chi connectivity index (χ0) is 17.7. The van der Waals surface area contributed by atoms with E-state index in [-0.39, 0.29) is 17.6 Å². The summed E-state index contributed by atoms with van der Waals surface area (Å²) in [5.41, 5.74) is 2.72. The molecule has 1 unspecified atom stereocenters. The van der Waals surface area contributed by atoms with Crippen LogP contribution in [0.15, 0.2) is 48.5 Å². The third-order valence-electron chi connectivity index (χ3n) is 4.39. The van der Waals surface area contributed by atoms with Crippen LogP contribution >= 0.6 is 0 Å². The second kappa shape index (κ2) is 8.06. The number of carbonyl (C=O) groups is 1. The fourth-order valence-corrected chi connectivity index (χ4v) is 2.52. The van der Waals surface area contributed by atoms with Gasteiger partial charge in [-0.15, -0.1) is 0 Å². The van der Waals surface area contributed by atoms with Gasteiger partial charge in [-0.05, 0) is 30.5 Å². The lowest BCUT2D eigenvalue weighted by Crippen LogP contribution is -3.12. The van der Waals surface area contributed by atoms with Gasteiger partial charge in [0.2, 0.25) is 0 Å². The number of nitrogens with one attached hydrogen (secondary N) is 2. The monoisotopic (exact) mass is 329 g/mol. The number of halogens is 1. The molecular weight excluding hydrogens is 303 g/mol. The lowest BCUT2D eigenvalue weighted by atomic mass is 10.0. The standard InChI is InChI=1S/C20H25FN2O/c1-14(2)17-11-9-16(10-12-17)13-23(4)15(3)20(24)22-19-8-6-5-7-18(19)21/h5-12,14-15H,13H2,1-4H3,(H,22,24)/p+1/t15-/m1/s1. The Labute approximate surface area is 143 Å². The van der Waals surface area contributed by atoms with Crippen LogP contribution in [0, 0.1) is 5.82 Å². The maximum Gasteiger partial charge on any atom is 0.282 e. The van der Waals surface area contributed by atoms with Crippen molar-refractivity contribution in [2.24, 2.45) is 0 Å². The van der Waals surface area contributed by atoms with Gasteiger partial charge in [0, 0.05) is 5.56 Å². The molecular formula is C20H26FN2O+. The van der Waals surface area contributed by atoms with E-state index in [2.05, 4.69) is 43.4 Å². The molecule has 128 valence electrons. The quantitative estimate of drug-likeness (QED) is 0.839. The molecule has 0 aliphatic rings. The third kappa shape index (κ3) is 4.65. The average molecular weight is 329 g/mol. The molecule has 0 spiro atoms. The van der Waals surface area contributed by atoms with Crippen LogP contribution in [0.5, 0.6) is 0 Å². The smallest absolute Gasteiger partial charge is 0.282 e. The summed E-state index contributed by atoms with van der Waals surface area (Å²) in [6.07, 6.45) is 0. The maximum atomic E-state index is 13.6. The van der Waals surface area contributed by atoms with Crippen LogP contribution in [0.4, 0.5) is 10.1 Å². The Morgan fingerprint density at radius 3 is 2.29 bits per heavy atom. The zero-order valence-electron chi connectivity index (χ0n) is 14.8. The van der Waals surface area contributed by atoms with Gasteiger partial charge in [-0.3, -0.25) is 4.79 Å². The van der Waals surface area contributed by atoms with Crippen molar-refractivity contribution in [3.05, 3.63) is 65.5 Å². The molecule has 2 aromatic carbocycles. The van der Waals surface area contributed by atoms with E-state index >= 15 is 0 Å². The molecule has 0 saturated carbocycles. The summed E-state index contributed by atoms with van der Waals surface area (Å²) in [4.78, 5) is 13.4. The molecule has 2 N–H and O–H groups in total. The van der Waals surface area contributed by atoms with Gasteiger partial charge in [0.1, 0.15) is 12.4 Å². The molecule has 0 bridgehead atoms.